The van der Waals surface area contributed by atoms with Crippen LogP contribution in [0.5, 0.6) is 0 Å². The highest BCUT2D eigenvalue weighted by atomic mass is 15.4. The molecule has 114 valence electrons. The number of nitrogens with zero attached hydrogens (tertiary/aromatic N) is 7. The minimum Gasteiger partial charge on any atom is -0.354 e. The number of aromatic nitrogens is 6. The van der Waals surface area contributed by atoms with Gasteiger partial charge in [-0.2, -0.15) is 24.7 Å². The summed E-state index contributed by atoms with van der Waals surface area (Å²) < 4.78 is 1.54. The molecule has 0 aliphatic carbocycles. The van der Waals surface area contributed by atoms with Crippen molar-refractivity contribution >= 4 is 11.9 Å². The Balaban J connectivity index is 2.36. The maximum Gasteiger partial charge on any atom is 0.258 e. The molecule has 2 aromatic heterocycles. The molecule has 0 amide bonds. The quantitative estimate of drug-likeness (QED) is 0.788. The van der Waals surface area contributed by atoms with Crippen molar-refractivity contribution < 1.29 is 0 Å². The van der Waals surface area contributed by atoms with Crippen molar-refractivity contribution in [1.29, 1.82) is 0 Å². The van der Waals surface area contributed by atoms with Gasteiger partial charge in [0, 0.05) is 19.6 Å². The van der Waals surface area contributed by atoms with Crippen LogP contribution in [0.2, 0.25) is 0 Å². The Morgan fingerprint density at radius 1 is 1.14 bits per heavy atom. The summed E-state index contributed by atoms with van der Waals surface area (Å²) in [4.78, 5) is 19.5. The van der Waals surface area contributed by atoms with Crippen LogP contribution in [0.25, 0.3) is 5.95 Å². The maximum absolute atomic E-state index is 4.50. The first-order valence-corrected chi connectivity index (χ1v) is 7.38. The Morgan fingerprint density at radius 2 is 2.00 bits per heavy atom. The molecule has 0 saturated carbocycles. The van der Waals surface area contributed by atoms with Crippen LogP contribution in [0, 0.1) is 0 Å². The summed E-state index contributed by atoms with van der Waals surface area (Å²) >= 11 is 0. The summed E-state index contributed by atoms with van der Waals surface area (Å²) in [7, 11) is 0. The van der Waals surface area contributed by atoms with E-state index in [1.54, 1.807) is 11.0 Å². The van der Waals surface area contributed by atoms with Gasteiger partial charge in [-0.25, -0.2) is 4.98 Å². The number of anilines is 2. The van der Waals surface area contributed by atoms with Gasteiger partial charge in [-0.1, -0.05) is 13.8 Å². The van der Waals surface area contributed by atoms with Gasteiger partial charge in [-0.05, 0) is 19.8 Å². The molecule has 21 heavy (non-hydrogen) atoms. The summed E-state index contributed by atoms with van der Waals surface area (Å²) in [5, 5.41) is 7.29. The average Bonchev–Trinajstić information content (AvgIpc) is 3.04. The lowest BCUT2D eigenvalue weighted by molar-refractivity contribution is 0.734. The fraction of sp³-hybridized carbons (Fsp3) is 0.615. The lowest BCUT2D eigenvalue weighted by atomic mass is 10.4. The van der Waals surface area contributed by atoms with Gasteiger partial charge in [-0.15, -0.1) is 0 Å². The molecule has 2 aromatic rings. The van der Waals surface area contributed by atoms with E-state index in [1.165, 1.54) is 6.33 Å². The van der Waals surface area contributed by atoms with Crippen molar-refractivity contribution in [3.8, 4) is 5.95 Å². The highest BCUT2D eigenvalue weighted by Gasteiger charge is 2.13. The van der Waals surface area contributed by atoms with Gasteiger partial charge in [0.05, 0.1) is 0 Å². The van der Waals surface area contributed by atoms with Crippen molar-refractivity contribution in [3.63, 3.8) is 0 Å². The van der Waals surface area contributed by atoms with Gasteiger partial charge < -0.3 is 10.2 Å². The van der Waals surface area contributed by atoms with Crippen molar-refractivity contribution in [2.24, 2.45) is 0 Å². The van der Waals surface area contributed by atoms with Gasteiger partial charge in [0.15, 0.2) is 0 Å². The lowest BCUT2D eigenvalue weighted by Gasteiger charge is -2.20. The van der Waals surface area contributed by atoms with Crippen LogP contribution in [0.1, 0.15) is 33.6 Å². The predicted molar refractivity (Wildman–Crippen MR) is 81.7 cm³/mol. The second-order valence-corrected chi connectivity index (χ2v) is 4.61. The molecule has 0 aliphatic heterocycles. The van der Waals surface area contributed by atoms with E-state index in [2.05, 4.69) is 56.0 Å². The topological polar surface area (TPSA) is 84.7 Å². The second kappa shape index (κ2) is 7.51. The Bertz CT molecular complexity index is 539. The number of hydrogen-bond donors (Lipinski definition) is 1. The fourth-order valence-electron chi connectivity index (χ4n) is 1.89. The van der Waals surface area contributed by atoms with E-state index in [4.69, 9.17) is 0 Å². The van der Waals surface area contributed by atoms with Crippen LogP contribution in [0.4, 0.5) is 11.9 Å². The molecule has 2 rings (SSSR count). The Hall–Kier alpha value is -2.25. The number of hydrogen-bond acceptors (Lipinski definition) is 7. The minimum absolute atomic E-state index is 0.477. The normalized spacial score (nSPS) is 10.6. The van der Waals surface area contributed by atoms with Gasteiger partial charge in [0.25, 0.3) is 5.95 Å². The molecule has 0 aliphatic rings. The molecular formula is C13H22N8. The summed E-state index contributed by atoms with van der Waals surface area (Å²) in [6, 6.07) is 0. The van der Waals surface area contributed by atoms with Crippen LogP contribution < -0.4 is 10.2 Å². The molecule has 0 aromatic carbocycles. The standard InChI is InChI=1S/C13H22N8/c1-4-7-15-11-17-12(20(6-3)8-5-2)19-13(18-11)21-10-14-9-16-21/h9-10H,4-8H2,1-3H3,(H,15,17,18,19). The van der Waals surface area contributed by atoms with Gasteiger partial charge in [-0.3, -0.25) is 0 Å². The van der Waals surface area contributed by atoms with Crippen molar-refractivity contribution in [1.82, 2.24) is 29.7 Å². The second-order valence-electron chi connectivity index (χ2n) is 4.61. The fourth-order valence-corrected chi connectivity index (χ4v) is 1.89. The number of rotatable bonds is 8. The third-order valence-corrected chi connectivity index (χ3v) is 2.93. The van der Waals surface area contributed by atoms with Crippen LogP contribution in [-0.4, -0.2) is 49.4 Å². The Morgan fingerprint density at radius 3 is 2.62 bits per heavy atom. The highest BCUT2D eigenvalue weighted by Crippen LogP contribution is 2.13. The molecule has 0 saturated heterocycles. The Labute approximate surface area is 124 Å². The monoisotopic (exact) mass is 290 g/mol. The molecule has 1 N–H and O–H groups in total. The van der Waals surface area contributed by atoms with Crippen molar-refractivity contribution in [2.75, 3.05) is 29.9 Å². The SMILES string of the molecule is CCCNc1nc(N(CC)CCC)nc(-n2cncn2)n1. The average molecular weight is 290 g/mol. The zero-order valence-electron chi connectivity index (χ0n) is 12.8. The van der Waals surface area contributed by atoms with Gasteiger partial charge >= 0.3 is 0 Å². The smallest absolute Gasteiger partial charge is 0.258 e. The summed E-state index contributed by atoms with van der Waals surface area (Å²) in [5.74, 6) is 1.71. The zero-order valence-corrected chi connectivity index (χ0v) is 12.8. The van der Waals surface area contributed by atoms with Crippen LogP contribution >= 0.6 is 0 Å². The highest BCUT2D eigenvalue weighted by molar-refractivity contribution is 5.39. The molecule has 0 atom stereocenters. The van der Waals surface area contributed by atoms with Gasteiger partial charge in [0.2, 0.25) is 11.9 Å². The minimum atomic E-state index is 0.477. The van der Waals surface area contributed by atoms with E-state index in [9.17, 15) is 0 Å². The number of nitrogens with one attached hydrogen (secondary N) is 1. The summed E-state index contributed by atoms with van der Waals surface area (Å²) in [6.07, 6.45) is 5.09. The molecular weight excluding hydrogens is 268 g/mol. The molecule has 0 bridgehead atoms. The van der Waals surface area contributed by atoms with E-state index in [-0.39, 0.29) is 0 Å². The molecule has 0 spiro atoms. The molecule has 0 unspecified atom stereocenters. The first-order valence-electron chi connectivity index (χ1n) is 7.38. The first kappa shape index (κ1) is 15.1. The molecule has 2 heterocycles. The van der Waals surface area contributed by atoms with E-state index in [0.29, 0.717) is 17.8 Å². The van der Waals surface area contributed by atoms with E-state index >= 15 is 0 Å². The predicted octanol–water partition coefficient (Wildman–Crippen LogP) is 1.51. The van der Waals surface area contributed by atoms with Gasteiger partial charge in [0.1, 0.15) is 12.7 Å². The molecule has 0 fully saturated rings. The Kier molecular flexibility index (Phi) is 5.42. The third-order valence-electron chi connectivity index (χ3n) is 2.93. The van der Waals surface area contributed by atoms with Crippen LogP contribution in [0.15, 0.2) is 12.7 Å². The summed E-state index contributed by atoms with van der Waals surface area (Å²) in [6.45, 7) is 8.90. The molecule has 8 heteroatoms. The third kappa shape index (κ3) is 3.87. The van der Waals surface area contributed by atoms with E-state index in [1.807, 2.05) is 0 Å². The van der Waals surface area contributed by atoms with Crippen LogP contribution in [0.3, 0.4) is 0 Å². The van der Waals surface area contributed by atoms with Crippen LogP contribution in [-0.2, 0) is 0 Å². The van der Waals surface area contributed by atoms with E-state index < -0.39 is 0 Å². The molecule has 0 radical (unpaired) electrons. The maximum atomic E-state index is 4.50. The largest absolute Gasteiger partial charge is 0.354 e. The lowest BCUT2D eigenvalue weighted by Crippen LogP contribution is -2.27. The van der Waals surface area contributed by atoms with Crippen molar-refractivity contribution in [3.05, 3.63) is 12.7 Å². The van der Waals surface area contributed by atoms with Crippen molar-refractivity contribution in [2.45, 2.75) is 33.6 Å². The molecule has 8 nitrogen and oxygen atoms in total. The first-order chi connectivity index (χ1) is 10.3. The zero-order chi connectivity index (χ0) is 15.1. The summed E-state index contributed by atoms with van der Waals surface area (Å²) in [5.41, 5.74) is 0. The van der Waals surface area contributed by atoms with E-state index in [0.717, 1.165) is 32.5 Å².